The summed E-state index contributed by atoms with van der Waals surface area (Å²) in [4.78, 5) is 23.5. The molecule has 3 heterocycles. The quantitative estimate of drug-likeness (QED) is 0.316. The van der Waals surface area contributed by atoms with E-state index >= 15 is 0 Å². The molecular weight excluding hydrogens is 394 g/mol. The molecule has 0 saturated heterocycles. The number of fused-ring (bicyclic) bond motifs is 2. The van der Waals surface area contributed by atoms with E-state index in [4.69, 9.17) is 15.0 Å². The Morgan fingerprint density at radius 1 is 0.562 bits per heavy atom. The Bertz CT molecular complexity index is 1380. The van der Waals surface area contributed by atoms with Crippen LogP contribution in [0.2, 0.25) is 0 Å². The van der Waals surface area contributed by atoms with Gasteiger partial charge < -0.3 is 0 Å². The maximum atomic E-state index is 4.82. The van der Waals surface area contributed by atoms with E-state index in [0.29, 0.717) is 0 Å². The van der Waals surface area contributed by atoms with Gasteiger partial charge in [-0.2, -0.15) is 0 Å². The molecule has 0 unspecified atom stereocenters. The minimum absolute atomic E-state index is 0.807. The number of aromatic nitrogens is 3. The van der Waals surface area contributed by atoms with Gasteiger partial charge in [0.25, 0.3) is 0 Å². The first-order valence-corrected chi connectivity index (χ1v) is 10.4. The second-order valence-corrected chi connectivity index (χ2v) is 7.51. The third-order valence-corrected chi connectivity index (χ3v) is 5.29. The van der Waals surface area contributed by atoms with E-state index in [9.17, 15) is 0 Å². The average molecular weight is 416 g/mol. The van der Waals surface area contributed by atoms with Crippen molar-refractivity contribution in [2.75, 3.05) is 0 Å². The van der Waals surface area contributed by atoms with Crippen molar-refractivity contribution in [2.45, 2.75) is 13.8 Å². The summed E-state index contributed by atoms with van der Waals surface area (Å²) < 4.78 is 0. The van der Waals surface area contributed by atoms with Crippen molar-refractivity contribution in [3.05, 3.63) is 103 Å². The highest BCUT2D eigenvalue weighted by Gasteiger charge is 2.08. The smallest absolute Gasteiger partial charge is 0.0958 e. The fraction of sp³-hybridized carbons (Fsp3) is 0.0741. The van der Waals surface area contributed by atoms with Gasteiger partial charge in [-0.05, 0) is 50.2 Å². The molecule has 2 aromatic carbocycles. The Balaban J connectivity index is 1.51. The molecule has 5 aromatic rings. The first kappa shape index (κ1) is 19.7. The summed E-state index contributed by atoms with van der Waals surface area (Å²) in [5.41, 5.74) is 6.69. The van der Waals surface area contributed by atoms with Gasteiger partial charge in [-0.3, -0.25) is 9.97 Å². The van der Waals surface area contributed by atoms with Crippen LogP contribution in [0.1, 0.15) is 25.2 Å². The largest absolute Gasteiger partial charge is 0.254 e. The first-order valence-electron chi connectivity index (χ1n) is 10.4. The van der Waals surface area contributed by atoms with E-state index in [2.05, 4.69) is 9.97 Å². The first-order chi connectivity index (χ1) is 15.7. The molecule has 0 aliphatic heterocycles. The number of rotatable bonds is 4. The van der Waals surface area contributed by atoms with Gasteiger partial charge in [-0.25, -0.2) is 15.0 Å². The minimum Gasteiger partial charge on any atom is -0.254 e. The van der Waals surface area contributed by atoms with E-state index in [1.165, 1.54) is 0 Å². The zero-order chi connectivity index (χ0) is 21.9. The molecule has 154 valence electrons. The third-order valence-electron chi connectivity index (χ3n) is 5.29. The lowest BCUT2D eigenvalue weighted by Gasteiger charge is -2.07. The number of para-hydroxylation sites is 2. The van der Waals surface area contributed by atoms with E-state index in [0.717, 1.165) is 56.0 Å². The summed E-state index contributed by atoms with van der Waals surface area (Å²) in [5, 5.41) is 2.13. The lowest BCUT2D eigenvalue weighted by atomic mass is 10.1. The molecule has 0 radical (unpaired) electrons. The molecule has 5 heteroatoms. The van der Waals surface area contributed by atoms with Crippen molar-refractivity contribution in [3.63, 3.8) is 0 Å². The van der Waals surface area contributed by atoms with Gasteiger partial charge in [0.2, 0.25) is 0 Å². The van der Waals surface area contributed by atoms with Crippen LogP contribution in [0.4, 0.5) is 11.4 Å². The van der Waals surface area contributed by atoms with E-state index < -0.39 is 0 Å². The SMILES string of the molecule is C/C(=N\c1cccc2cccnc12)c1cccc(/C(C)=N/c2cccc3cccnc23)n1. The minimum atomic E-state index is 0.807. The second kappa shape index (κ2) is 8.47. The van der Waals surface area contributed by atoms with Gasteiger partial charge in [0.05, 0.1) is 45.2 Å². The zero-order valence-electron chi connectivity index (χ0n) is 17.9. The normalized spacial score (nSPS) is 12.4. The molecule has 32 heavy (non-hydrogen) atoms. The lowest BCUT2D eigenvalue weighted by Crippen LogP contribution is -2.05. The summed E-state index contributed by atoms with van der Waals surface area (Å²) in [7, 11) is 0. The number of aliphatic imine (C=N–C) groups is 2. The summed E-state index contributed by atoms with van der Waals surface area (Å²) in [5.74, 6) is 0. The van der Waals surface area contributed by atoms with Crippen LogP contribution in [0.25, 0.3) is 21.8 Å². The molecule has 0 fully saturated rings. The monoisotopic (exact) mass is 415 g/mol. The van der Waals surface area contributed by atoms with Crippen molar-refractivity contribution in [3.8, 4) is 0 Å². The molecule has 3 aromatic heterocycles. The molecule has 0 amide bonds. The predicted octanol–water partition coefficient (Wildman–Crippen LogP) is 6.46. The Kier molecular flexibility index (Phi) is 5.22. The molecule has 5 rings (SSSR count). The Morgan fingerprint density at radius 3 is 1.50 bits per heavy atom. The van der Waals surface area contributed by atoms with Crippen molar-refractivity contribution >= 4 is 44.6 Å². The van der Waals surface area contributed by atoms with E-state index in [1.807, 2.05) is 92.7 Å². The second-order valence-electron chi connectivity index (χ2n) is 7.51. The van der Waals surface area contributed by atoms with Crippen LogP contribution in [-0.4, -0.2) is 26.4 Å². The summed E-state index contributed by atoms with van der Waals surface area (Å²) in [6.07, 6.45) is 3.58. The average Bonchev–Trinajstić information content (AvgIpc) is 2.84. The highest BCUT2D eigenvalue weighted by atomic mass is 14.9. The Labute approximate surface area is 186 Å². The van der Waals surface area contributed by atoms with Crippen molar-refractivity contribution in [1.29, 1.82) is 0 Å². The molecular formula is C27H21N5. The molecule has 5 nitrogen and oxygen atoms in total. The van der Waals surface area contributed by atoms with Crippen LogP contribution in [0, 0.1) is 0 Å². The summed E-state index contributed by atoms with van der Waals surface area (Å²) >= 11 is 0. The number of nitrogens with zero attached hydrogens (tertiary/aromatic N) is 5. The van der Waals surface area contributed by atoms with Gasteiger partial charge in [0.15, 0.2) is 0 Å². The predicted molar refractivity (Wildman–Crippen MR) is 131 cm³/mol. The Hall–Kier alpha value is -4.25. The van der Waals surface area contributed by atoms with Crippen molar-refractivity contribution < 1.29 is 0 Å². The van der Waals surface area contributed by atoms with Crippen LogP contribution in [0.3, 0.4) is 0 Å². The van der Waals surface area contributed by atoms with Crippen LogP contribution in [0.5, 0.6) is 0 Å². The van der Waals surface area contributed by atoms with E-state index in [-0.39, 0.29) is 0 Å². The van der Waals surface area contributed by atoms with Crippen LogP contribution < -0.4 is 0 Å². The van der Waals surface area contributed by atoms with Crippen LogP contribution in [0.15, 0.2) is 101 Å². The van der Waals surface area contributed by atoms with E-state index in [1.54, 1.807) is 12.4 Å². The fourth-order valence-electron chi connectivity index (χ4n) is 3.67. The maximum Gasteiger partial charge on any atom is 0.0958 e. The standard InChI is InChI=1S/C27H21N5/c1-18(30-24-14-3-8-20-10-6-16-28-26(20)24)22-12-5-13-23(32-22)19(2)31-25-15-4-9-21-11-7-17-29-27(21)25/h3-17H,1-2H3/b30-18+,31-19+. The molecule has 0 saturated carbocycles. The van der Waals surface area contributed by atoms with Gasteiger partial charge in [-0.15, -0.1) is 0 Å². The molecule has 0 atom stereocenters. The third kappa shape index (κ3) is 3.88. The molecule has 0 bridgehead atoms. The zero-order valence-corrected chi connectivity index (χ0v) is 17.9. The van der Waals surface area contributed by atoms with Gasteiger partial charge in [0, 0.05) is 23.2 Å². The lowest BCUT2D eigenvalue weighted by molar-refractivity contribution is 1.24. The molecule has 0 aliphatic rings. The van der Waals surface area contributed by atoms with Gasteiger partial charge in [-0.1, -0.05) is 42.5 Å². The summed E-state index contributed by atoms with van der Waals surface area (Å²) in [6, 6.07) is 25.9. The van der Waals surface area contributed by atoms with Gasteiger partial charge in [0.1, 0.15) is 0 Å². The maximum absolute atomic E-state index is 4.82. The molecule has 0 N–H and O–H groups in total. The number of hydrogen-bond donors (Lipinski definition) is 0. The topological polar surface area (TPSA) is 63.4 Å². The number of benzene rings is 2. The molecule has 0 aliphatic carbocycles. The van der Waals surface area contributed by atoms with Crippen molar-refractivity contribution in [1.82, 2.24) is 15.0 Å². The van der Waals surface area contributed by atoms with Crippen LogP contribution >= 0.6 is 0 Å². The highest BCUT2D eigenvalue weighted by molar-refractivity contribution is 6.04. The number of pyridine rings is 3. The van der Waals surface area contributed by atoms with Crippen molar-refractivity contribution in [2.24, 2.45) is 9.98 Å². The summed E-state index contributed by atoms with van der Waals surface area (Å²) in [6.45, 7) is 3.93. The highest BCUT2D eigenvalue weighted by Crippen LogP contribution is 2.25. The van der Waals surface area contributed by atoms with Crippen LogP contribution in [-0.2, 0) is 0 Å². The number of hydrogen-bond acceptors (Lipinski definition) is 5. The Morgan fingerprint density at radius 2 is 1.00 bits per heavy atom. The van der Waals surface area contributed by atoms with Gasteiger partial charge >= 0.3 is 0 Å². The fourth-order valence-corrected chi connectivity index (χ4v) is 3.67. The molecule has 0 spiro atoms.